The van der Waals surface area contributed by atoms with Crippen LogP contribution in [0.15, 0.2) is 18.2 Å². The van der Waals surface area contributed by atoms with Gasteiger partial charge in [-0.3, -0.25) is 4.21 Å². The molecule has 0 amide bonds. The van der Waals surface area contributed by atoms with Gasteiger partial charge in [0.2, 0.25) is 0 Å². The Labute approximate surface area is 105 Å². The minimum absolute atomic E-state index is 0.109. The topological polar surface area (TPSA) is 43.1 Å². The molecule has 0 bridgehead atoms. The van der Waals surface area contributed by atoms with E-state index in [1.54, 1.807) is 0 Å². The molecular weight excluding hydrogens is 242 g/mol. The molecule has 2 nitrogen and oxygen atoms in total. The summed E-state index contributed by atoms with van der Waals surface area (Å²) >= 11 is 6.08. The molecule has 2 N–H and O–H groups in total. The third kappa shape index (κ3) is 4.64. The summed E-state index contributed by atoms with van der Waals surface area (Å²) < 4.78 is 11.8. The fraction of sp³-hybridized carbons (Fsp3) is 0.500. The van der Waals surface area contributed by atoms with Crippen LogP contribution in [0, 0.1) is 6.92 Å². The number of benzene rings is 1. The zero-order chi connectivity index (χ0) is 12.1. The van der Waals surface area contributed by atoms with Crippen LogP contribution in [0.3, 0.4) is 0 Å². The molecule has 0 spiro atoms. The smallest absolute Gasteiger partial charge is 0.0500 e. The van der Waals surface area contributed by atoms with Crippen LogP contribution in [0.5, 0.6) is 0 Å². The first-order valence-electron chi connectivity index (χ1n) is 5.34. The van der Waals surface area contributed by atoms with Crippen LogP contribution < -0.4 is 5.73 Å². The van der Waals surface area contributed by atoms with Gasteiger partial charge in [-0.15, -0.1) is 0 Å². The molecule has 1 aromatic rings. The van der Waals surface area contributed by atoms with Crippen LogP contribution in [0.4, 0.5) is 0 Å². The third-order valence-electron chi connectivity index (χ3n) is 2.33. The maximum atomic E-state index is 11.8. The van der Waals surface area contributed by atoms with Gasteiger partial charge in [0.25, 0.3) is 0 Å². The van der Waals surface area contributed by atoms with Crippen molar-refractivity contribution in [2.45, 2.75) is 32.1 Å². The summed E-state index contributed by atoms with van der Waals surface area (Å²) in [5, 5.41) is 0.703. The summed E-state index contributed by atoms with van der Waals surface area (Å²) in [6.45, 7) is 3.92. The van der Waals surface area contributed by atoms with E-state index in [-0.39, 0.29) is 6.04 Å². The monoisotopic (exact) mass is 259 g/mol. The van der Waals surface area contributed by atoms with Gasteiger partial charge in [0, 0.05) is 33.4 Å². The number of rotatable bonds is 5. The van der Waals surface area contributed by atoms with Gasteiger partial charge in [-0.2, -0.15) is 0 Å². The normalized spacial score (nSPS) is 14.8. The fourth-order valence-corrected chi connectivity index (χ4v) is 3.09. The largest absolute Gasteiger partial charge is 0.328 e. The summed E-state index contributed by atoms with van der Waals surface area (Å²) in [7, 11) is -0.873. The van der Waals surface area contributed by atoms with Crippen LogP contribution in [0.25, 0.3) is 0 Å². The van der Waals surface area contributed by atoms with Crippen LogP contribution in [-0.4, -0.2) is 16.0 Å². The molecule has 0 saturated carbocycles. The summed E-state index contributed by atoms with van der Waals surface area (Å²) in [4.78, 5) is 0. The van der Waals surface area contributed by atoms with Gasteiger partial charge in [-0.05, 0) is 37.5 Å². The number of aryl methyl sites for hydroxylation is 1. The Kier molecular flexibility index (Phi) is 5.46. The number of hydrogen-bond donors (Lipinski definition) is 1. The van der Waals surface area contributed by atoms with Crippen molar-refractivity contribution in [1.82, 2.24) is 0 Å². The van der Waals surface area contributed by atoms with Crippen molar-refractivity contribution in [2.24, 2.45) is 5.73 Å². The SMILES string of the molecule is Cc1ccc(CS(=O)CCC(C)N)c(Cl)c1. The van der Waals surface area contributed by atoms with Crippen molar-refractivity contribution >= 4 is 22.4 Å². The van der Waals surface area contributed by atoms with Gasteiger partial charge in [0.05, 0.1) is 0 Å². The van der Waals surface area contributed by atoms with Gasteiger partial charge in [0.1, 0.15) is 0 Å². The van der Waals surface area contributed by atoms with Crippen LogP contribution >= 0.6 is 11.6 Å². The molecule has 0 heterocycles. The summed E-state index contributed by atoms with van der Waals surface area (Å²) in [6, 6.07) is 5.95. The second-order valence-electron chi connectivity index (χ2n) is 4.15. The van der Waals surface area contributed by atoms with Crippen molar-refractivity contribution in [3.63, 3.8) is 0 Å². The van der Waals surface area contributed by atoms with E-state index in [1.807, 2.05) is 32.0 Å². The molecule has 16 heavy (non-hydrogen) atoms. The van der Waals surface area contributed by atoms with Crippen LogP contribution in [-0.2, 0) is 16.6 Å². The maximum Gasteiger partial charge on any atom is 0.0500 e. The quantitative estimate of drug-likeness (QED) is 0.883. The van der Waals surface area contributed by atoms with Crippen molar-refractivity contribution in [3.05, 3.63) is 34.3 Å². The van der Waals surface area contributed by atoms with Crippen LogP contribution in [0.2, 0.25) is 5.02 Å². The van der Waals surface area contributed by atoms with Crippen molar-refractivity contribution < 1.29 is 4.21 Å². The Balaban J connectivity index is 2.56. The molecule has 0 aliphatic carbocycles. The van der Waals surface area contributed by atoms with Gasteiger partial charge in [-0.1, -0.05) is 23.7 Å². The van der Waals surface area contributed by atoms with Crippen molar-refractivity contribution in [3.8, 4) is 0 Å². The predicted octanol–water partition coefficient (Wildman–Crippen LogP) is 2.63. The second-order valence-corrected chi connectivity index (χ2v) is 6.13. The molecule has 1 rings (SSSR count). The molecule has 4 heteroatoms. The molecule has 2 atom stereocenters. The Morgan fingerprint density at radius 3 is 2.75 bits per heavy atom. The molecule has 0 aromatic heterocycles. The van der Waals surface area contributed by atoms with Crippen LogP contribution in [0.1, 0.15) is 24.5 Å². The molecular formula is C12H18ClNOS. The standard InChI is InChI=1S/C12H18ClNOS/c1-9-3-4-11(12(13)7-9)8-16(15)6-5-10(2)14/h3-4,7,10H,5-6,8,14H2,1-2H3. The minimum Gasteiger partial charge on any atom is -0.328 e. The first kappa shape index (κ1) is 13.7. The first-order valence-corrected chi connectivity index (χ1v) is 7.21. The lowest BCUT2D eigenvalue weighted by molar-refractivity contribution is 0.667. The minimum atomic E-state index is -0.873. The number of nitrogens with two attached hydrogens (primary N) is 1. The Hall–Kier alpha value is -0.380. The Morgan fingerprint density at radius 2 is 2.19 bits per heavy atom. The lowest BCUT2D eigenvalue weighted by atomic mass is 10.2. The first-order chi connectivity index (χ1) is 7.49. The summed E-state index contributed by atoms with van der Waals surface area (Å²) in [5.74, 6) is 1.16. The van der Waals surface area contributed by atoms with E-state index in [0.717, 1.165) is 17.5 Å². The van der Waals surface area contributed by atoms with E-state index < -0.39 is 10.8 Å². The Morgan fingerprint density at radius 1 is 1.50 bits per heavy atom. The zero-order valence-electron chi connectivity index (χ0n) is 9.70. The average Bonchev–Trinajstić information content (AvgIpc) is 2.19. The molecule has 90 valence electrons. The lowest BCUT2D eigenvalue weighted by Crippen LogP contribution is -2.18. The van der Waals surface area contributed by atoms with Gasteiger partial charge in [0.15, 0.2) is 0 Å². The maximum absolute atomic E-state index is 11.8. The van der Waals surface area contributed by atoms with E-state index in [1.165, 1.54) is 0 Å². The van der Waals surface area contributed by atoms with Crippen molar-refractivity contribution in [1.29, 1.82) is 0 Å². The molecule has 0 saturated heterocycles. The summed E-state index contributed by atoms with van der Waals surface area (Å²) in [5.41, 5.74) is 7.70. The average molecular weight is 260 g/mol. The number of halogens is 1. The van der Waals surface area contributed by atoms with Gasteiger partial charge >= 0.3 is 0 Å². The lowest BCUT2D eigenvalue weighted by Gasteiger charge is -2.07. The van der Waals surface area contributed by atoms with Gasteiger partial charge < -0.3 is 5.73 Å². The fourth-order valence-electron chi connectivity index (χ4n) is 1.33. The van der Waals surface area contributed by atoms with Crippen molar-refractivity contribution in [2.75, 3.05) is 5.75 Å². The van der Waals surface area contributed by atoms with E-state index >= 15 is 0 Å². The molecule has 2 unspecified atom stereocenters. The highest BCUT2D eigenvalue weighted by Crippen LogP contribution is 2.19. The van der Waals surface area contributed by atoms with E-state index in [0.29, 0.717) is 16.5 Å². The van der Waals surface area contributed by atoms with E-state index in [2.05, 4.69) is 0 Å². The number of hydrogen-bond acceptors (Lipinski definition) is 2. The zero-order valence-corrected chi connectivity index (χ0v) is 11.3. The molecule has 1 aromatic carbocycles. The highest BCUT2D eigenvalue weighted by molar-refractivity contribution is 7.84. The molecule has 0 aliphatic rings. The molecule has 0 fully saturated rings. The highest BCUT2D eigenvalue weighted by Gasteiger charge is 2.06. The van der Waals surface area contributed by atoms with E-state index in [9.17, 15) is 4.21 Å². The highest BCUT2D eigenvalue weighted by atomic mass is 35.5. The predicted molar refractivity (Wildman–Crippen MR) is 71.2 cm³/mol. The second kappa shape index (κ2) is 6.38. The molecule has 0 aliphatic heterocycles. The third-order valence-corrected chi connectivity index (χ3v) is 4.00. The Bertz CT molecular complexity index is 379. The summed E-state index contributed by atoms with van der Waals surface area (Å²) in [6.07, 6.45) is 0.788. The molecule has 0 radical (unpaired) electrons. The van der Waals surface area contributed by atoms with E-state index in [4.69, 9.17) is 17.3 Å². The van der Waals surface area contributed by atoms with Gasteiger partial charge in [-0.25, -0.2) is 0 Å².